The van der Waals surface area contributed by atoms with Crippen LogP contribution in [0.15, 0.2) is 36.7 Å². The van der Waals surface area contributed by atoms with Crippen LogP contribution in [0, 0.1) is 5.92 Å². The van der Waals surface area contributed by atoms with Crippen LogP contribution in [-0.4, -0.2) is 34.8 Å². The standard InChI is InChI=1S/C18H20N2O/c1-20-14-5-6-15(20)10-13(9-14)18(21)17-4-2-3-12-11-19-8-7-16(12)17/h2-4,7-8,11,13-15H,5-6,9-10H2,1H3. The molecule has 2 aromatic rings. The van der Waals surface area contributed by atoms with E-state index >= 15 is 0 Å². The Labute approximate surface area is 125 Å². The van der Waals surface area contributed by atoms with Crippen LogP contribution in [0.2, 0.25) is 0 Å². The van der Waals surface area contributed by atoms with Crippen molar-refractivity contribution in [3.05, 3.63) is 42.2 Å². The lowest BCUT2D eigenvalue weighted by atomic mass is 9.84. The van der Waals surface area contributed by atoms with Crippen LogP contribution in [0.25, 0.3) is 10.8 Å². The Morgan fingerprint density at radius 3 is 2.71 bits per heavy atom. The first-order valence-electron chi connectivity index (χ1n) is 7.83. The summed E-state index contributed by atoms with van der Waals surface area (Å²) in [6.45, 7) is 0. The van der Waals surface area contributed by atoms with E-state index in [9.17, 15) is 4.79 Å². The van der Waals surface area contributed by atoms with Gasteiger partial charge in [-0.2, -0.15) is 0 Å². The molecule has 0 radical (unpaired) electrons. The van der Waals surface area contributed by atoms with E-state index in [4.69, 9.17) is 0 Å². The van der Waals surface area contributed by atoms with Gasteiger partial charge in [0, 0.05) is 41.3 Å². The number of aromatic nitrogens is 1. The molecule has 2 saturated heterocycles. The van der Waals surface area contributed by atoms with Crippen molar-refractivity contribution in [3.63, 3.8) is 0 Å². The molecule has 108 valence electrons. The summed E-state index contributed by atoms with van der Waals surface area (Å²) in [6.07, 6.45) is 8.16. The molecule has 0 N–H and O–H groups in total. The molecule has 2 fully saturated rings. The van der Waals surface area contributed by atoms with E-state index in [-0.39, 0.29) is 5.92 Å². The molecule has 1 aromatic carbocycles. The minimum Gasteiger partial charge on any atom is -0.300 e. The molecule has 0 aliphatic carbocycles. The average molecular weight is 280 g/mol. The van der Waals surface area contributed by atoms with Crippen molar-refractivity contribution in [2.45, 2.75) is 37.8 Å². The maximum absolute atomic E-state index is 13.0. The number of ketones is 1. The summed E-state index contributed by atoms with van der Waals surface area (Å²) in [6, 6.07) is 9.15. The number of hydrogen-bond donors (Lipinski definition) is 0. The molecule has 0 amide bonds. The van der Waals surface area contributed by atoms with Crippen LogP contribution < -0.4 is 0 Å². The molecular formula is C18H20N2O. The molecule has 0 saturated carbocycles. The van der Waals surface area contributed by atoms with Crippen molar-refractivity contribution in [2.24, 2.45) is 5.92 Å². The largest absolute Gasteiger partial charge is 0.300 e. The highest BCUT2D eigenvalue weighted by atomic mass is 16.1. The van der Waals surface area contributed by atoms with Crippen LogP contribution in [0.1, 0.15) is 36.0 Å². The van der Waals surface area contributed by atoms with Gasteiger partial charge in [-0.15, -0.1) is 0 Å². The summed E-state index contributed by atoms with van der Waals surface area (Å²) in [5, 5.41) is 2.10. The third kappa shape index (κ3) is 2.07. The number of carbonyl (C=O) groups excluding carboxylic acids is 1. The number of Topliss-reactive ketones (excluding diaryl/α,β-unsaturated/α-hetero) is 1. The van der Waals surface area contributed by atoms with Crippen molar-refractivity contribution >= 4 is 16.6 Å². The molecule has 1 aromatic heterocycles. The topological polar surface area (TPSA) is 33.2 Å². The number of pyridine rings is 1. The van der Waals surface area contributed by atoms with E-state index in [1.165, 1.54) is 12.8 Å². The molecule has 21 heavy (non-hydrogen) atoms. The normalized spacial score (nSPS) is 28.9. The lowest BCUT2D eigenvalue weighted by Crippen LogP contribution is -2.42. The van der Waals surface area contributed by atoms with Gasteiger partial charge in [0.05, 0.1) is 0 Å². The Bertz CT molecular complexity index is 677. The van der Waals surface area contributed by atoms with Gasteiger partial charge in [-0.05, 0) is 44.2 Å². The van der Waals surface area contributed by atoms with Crippen molar-refractivity contribution in [1.29, 1.82) is 0 Å². The molecule has 4 rings (SSSR count). The van der Waals surface area contributed by atoms with Crippen LogP contribution in [0.5, 0.6) is 0 Å². The van der Waals surface area contributed by atoms with Crippen LogP contribution in [-0.2, 0) is 0 Å². The van der Waals surface area contributed by atoms with E-state index in [0.717, 1.165) is 29.2 Å². The van der Waals surface area contributed by atoms with E-state index < -0.39 is 0 Å². The summed E-state index contributed by atoms with van der Waals surface area (Å²) in [5.74, 6) is 0.522. The minimum absolute atomic E-state index is 0.192. The molecule has 2 bridgehead atoms. The van der Waals surface area contributed by atoms with Gasteiger partial charge < -0.3 is 4.90 Å². The smallest absolute Gasteiger partial charge is 0.166 e. The Morgan fingerprint density at radius 2 is 1.95 bits per heavy atom. The van der Waals surface area contributed by atoms with Gasteiger partial charge in [-0.3, -0.25) is 9.78 Å². The Morgan fingerprint density at radius 1 is 1.19 bits per heavy atom. The second-order valence-electron chi connectivity index (χ2n) is 6.49. The second kappa shape index (κ2) is 4.92. The first-order valence-corrected chi connectivity index (χ1v) is 7.83. The fourth-order valence-electron chi connectivity index (χ4n) is 4.18. The highest BCUT2D eigenvalue weighted by Crippen LogP contribution is 2.39. The van der Waals surface area contributed by atoms with E-state index in [1.807, 2.05) is 30.5 Å². The monoisotopic (exact) mass is 280 g/mol. The third-order valence-corrected chi connectivity index (χ3v) is 5.42. The molecule has 2 aliphatic rings. The Kier molecular flexibility index (Phi) is 3.03. The zero-order valence-corrected chi connectivity index (χ0v) is 12.3. The summed E-state index contributed by atoms with van der Waals surface area (Å²) in [5.41, 5.74) is 0.879. The highest BCUT2D eigenvalue weighted by Gasteiger charge is 2.41. The number of fused-ring (bicyclic) bond motifs is 3. The lowest BCUT2D eigenvalue weighted by Gasteiger charge is -2.35. The molecule has 2 aliphatic heterocycles. The van der Waals surface area contributed by atoms with Gasteiger partial charge in [0.1, 0.15) is 0 Å². The van der Waals surface area contributed by atoms with E-state index in [2.05, 4.69) is 16.9 Å². The SMILES string of the molecule is CN1C2CCC1CC(C(=O)c1cccc3cnccc13)C2. The number of piperidine rings is 1. The van der Waals surface area contributed by atoms with Gasteiger partial charge in [-0.25, -0.2) is 0 Å². The van der Waals surface area contributed by atoms with Gasteiger partial charge >= 0.3 is 0 Å². The van der Waals surface area contributed by atoms with Crippen LogP contribution in [0.4, 0.5) is 0 Å². The molecular weight excluding hydrogens is 260 g/mol. The van der Waals surface area contributed by atoms with Crippen LogP contribution in [0.3, 0.4) is 0 Å². The van der Waals surface area contributed by atoms with Crippen molar-refractivity contribution in [3.8, 4) is 0 Å². The van der Waals surface area contributed by atoms with Gasteiger partial charge in [0.25, 0.3) is 0 Å². The predicted molar refractivity (Wildman–Crippen MR) is 83.4 cm³/mol. The minimum atomic E-state index is 0.192. The lowest BCUT2D eigenvalue weighted by molar-refractivity contribution is 0.0769. The van der Waals surface area contributed by atoms with Crippen LogP contribution >= 0.6 is 0 Å². The molecule has 3 heterocycles. The molecule has 3 nitrogen and oxygen atoms in total. The van der Waals surface area contributed by atoms with E-state index in [1.54, 1.807) is 6.20 Å². The fraction of sp³-hybridized carbons (Fsp3) is 0.444. The zero-order valence-electron chi connectivity index (χ0n) is 12.3. The number of nitrogens with zero attached hydrogens (tertiary/aromatic N) is 2. The van der Waals surface area contributed by atoms with Gasteiger partial charge in [0.2, 0.25) is 0 Å². The quantitative estimate of drug-likeness (QED) is 0.791. The number of rotatable bonds is 2. The first kappa shape index (κ1) is 13.0. The first-order chi connectivity index (χ1) is 10.2. The third-order valence-electron chi connectivity index (χ3n) is 5.42. The summed E-state index contributed by atoms with van der Waals surface area (Å²) in [4.78, 5) is 19.6. The average Bonchev–Trinajstić information content (AvgIpc) is 2.75. The van der Waals surface area contributed by atoms with Crippen molar-refractivity contribution in [2.75, 3.05) is 7.05 Å². The van der Waals surface area contributed by atoms with Gasteiger partial charge in [0.15, 0.2) is 5.78 Å². The van der Waals surface area contributed by atoms with Crippen molar-refractivity contribution < 1.29 is 4.79 Å². The number of carbonyl (C=O) groups is 1. The summed E-state index contributed by atoms with van der Waals surface area (Å²) >= 11 is 0. The fourth-order valence-corrected chi connectivity index (χ4v) is 4.18. The summed E-state index contributed by atoms with van der Waals surface area (Å²) < 4.78 is 0. The maximum Gasteiger partial charge on any atom is 0.166 e. The van der Waals surface area contributed by atoms with Crippen molar-refractivity contribution in [1.82, 2.24) is 9.88 Å². The molecule has 0 spiro atoms. The van der Waals surface area contributed by atoms with E-state index in [0.29, 0.717) is 17.9 Å². The second-order valence-corrected chi connectivity index (χ2v) is 6.49. The number of benzene rings is 1. The Hall–Kier alpha value is -1.74. The summed E-state index contributed by atoms with van der Waals surface area (Å²) in [7, 11) is 2.21. The molecule has 2 atom stereocenters. The maximum atomic E-state index is 13.0. The predicted octanol–water partition coefficient (Wildman–Crippen LogP) is 3.29. The molecule has 2 unspecified atom stereocenters. The Balaban J connectivity index is 1.68. The van der Waals surface area contributed by atoms with Gasteiger partial charge in [-0.1, -0.05) is 18.2 Å². The highest BCUT2D eigenvalue weighted by molar-refractivity contribution is 6.09. The molecule has 3 heteroatoms. The zero-order chi connectivity index (χ0) is 14.4. The number of hydrogen-bond acceptors (Lipinski definition) is 3.